The summed E-state index contributed by atoms with van der Waals surface area (Å²) in [5, 5.41) is 17.1. The van der Waals surface area contributed by atoms with Gasteiger partial charge in [0.1, 0.15) is 11.7 Å². The number of aliphatic hydroxyl groups is 1. The van der Waals surface area contributed by atoms with Gasteiger partial charge >= 0.3 is 0 Å². The number of aliphatic hydroxyl groups excluding tert-OH is 1. The number of anilines is 1. The van der Waals surface area contributed by atoms with Crippen LogP contribution in [-0.2, 0) is 6.54 Å². The van der Waals surface area contributed by atoms with Crippen LogP contribution in [0.1, 0.15) is 11.7 Å². The highest BCUT2D eigenvalue weighted by atomic mass is 79.9. The van der Waals surface area contributed by atoms with E-state index in [1.54, 1.807) is 4.68 Å². The Bertz CT molecular complexity index is 670. The van der Waals surface area contributed by atoms with E-state index in [-0.39, 0.29) is 12.6 Å². The topological polar surface area (TPSA) is 92.6 Å². The van der Waals surface area contributed by atoms with Crippen LogP contribution >= 0.6 is 15.9 Å². The first kappa shape index (κ1) is 14.0. The molecular weight excluding hydrogens is 336 g/mol. The fourth-order valence-corrected chi connectivity index (χ4v) is 2.73. The van der Waals surface area contributed by atoms with E-state index < -0.39 is 0 Å². The summed E-state index contributed by atoms with van der Waals surface area (Å²) in [7, 11) is 0. The van der Waals surface area contributed by atoms with Gasteiger partial charge < -0.3 is 15.7 Å². The van der Waals surface area contributed by atoms with E-state index in [1.165, 1.54) is 0 Å². The number of aliphatic imine (C=N–C) groups is 1. The van der Waals surface area contributed by atoms with Gasteiger partial charge in [-0.25, -0.2) is 4.68 Å². The highest BCUT2D eigenvalue weighted by Gasteiger charge is 2.31. The fraction of sp³-hybridized carbons (Fsp3) is 0.308. The lowest BCUT2D eigenvalue weighted by atomic mass is 10.2. The zero-order valence-electron chi connectivity index (χ0n) is 11.2. The van der Waals surface area contributed by atoms with Gasteiger partial charge in [-0.2, -0.15) is 0 Å². The van der Waals surface area contributed by atoms with Crippen molar-refractivity contribution in [3.05, 3.63) is 40.6 Å². The Morgan fingerprint density at radius 2 is 2.29 bits per heavy atom. The summed E-state index contributed by atoms with van der Waals surface area (Å²) in [4.78, 5) is 6.26. The van der Waals surface area contributed by atoms with Crippen molar-refractivity contribution in [3.63, 3.8) is 0 Å². The minimum absolute atomic E-state index is 0.0292. The van der Waals surface area contributed by atoms with Crippen molar-refractivity contribution in [2.45, 2.75) is 12.6 Å². The van der Waals surface area contributed by atoms with Gasteiger partial charge in [-0.1, -0.05) is 27.2 Å². The molecule has 21 heavy (non-hydrogen) atoms. The lowest BCUT2D eigenvalue weighted by Crippen LogP contribution is -2.36. The van der Waals surface area contributed by atoms with Crippen molar-refractivity contribution in [3.8, 4) is 0 Å². The summed E-state index contributed by atoms with van der Waals surface area (Å²) in [5.41, 5.74) is 7.75. The maximum atomic E-state index is 8.95. The number of nitrogens with zero attached hydrogens (tertiary/aromatic N) is 5. The van der Waals surface area contributed by atoms with Crippen molar-refractivity contribution in [2.75, 3.05) is 18.1 Å². The predicted octanol–water partition coefficient (Wildman–Crippen LogP) is 0.909. The smallest absolute Gasteiger partial charge is 0.196 e. The largest absolute Gasteiger partial charge is 0.394 e. The number of halogens is 1. The lowest BCUT2D eigenvalue weighted by molar-refractivity contribution is 0.268. The van der Waals surface area contributed by atoms with Crippen molar-refractivity contribution in [2.24, 2.45) is 10.7 Å². The molecule has 2 aromatic rings. The van der Waals surface area contributed by atoms with E-state index in [9.17, 15) is 0 Å². The van der Waals surface area contributed by atoms with E-state index in [2.05, 4.69) is 31.2 Å². The minimum atomic E-state index is -0.0771. The van der Waals surface area contributed by atoms with Gasteiger partial charge in [-0.3, -0.25) is 4.99 Å². The van der Waals surface area contributed by atoms with Crippen LogP contribution in [-0.4, -0.2) is 39.2 Å². The zero-order valence-corrected chi connectivity index (χ0v) is 12.8. The van der Waals surface area contributed by atoms with Crippen LogP contribution in [0, 0.1) is 0 Å². The number of nitrogens with two attached hydrogens (primary N) is 1. The Morgan fingerprint density at radius 3 is 3.05 bits per heavy atom. The Hall–Kier alpha value is -1.93. The predicted molar refractivity (Wildman–Crippen MR) is 83.0 cm³/mol. The third-order valence-electron chi connectivity index (χ3n) is 3.30. The summed E-state index contributed by atoms with van der Waals surface area (Å²) in [6.07, 6.45) is 1.82. The molecular formula is C13H15BrN6O. The molecule has 2 heterocycles. The molecule has 0 amide bonds. The van der Waals surface area contributed by atoms with Crippen LogP contribution < -0.4 is 10.6 Å². The third-order valence-corrected chi connectivity index (χ3v) is 3.79. The Morgan fingerprint density at radius 1 is 1.43 bits per heavy atom. The fourth-order valence-electron chi connectivity index (χ4n) is 2.34. The zero-order chi connectivity index (χ0) is 14.8. The number of guanidine groups is 1. The van der Waals surface area contributed by atoms with Crippen LogP contribution in [0.2, 0.25) is 0 Å². The van der Waals surface area contributed by atoms with Crippen LogP contribution in [0.4, 0.5) is 5.69 Å². The Labute approximate surface area is 130 Å². The molecule has 0 saturated heterocycles. The second kappa shape index (κ2) is 5.82. The molecule has 7 nitrogen and oxygen atoms in total. The van der Waals surface area contributed by atoms with Gasteiger partial charge in [0.25, 0.3) is 0 Å². The first-order valence-electron chi connectivity index (χ1n) is 6.54. The molecule has 110 valence electrons. The van der Waals surface area contributed by atoms with Crippen molar-refractivity contribution in [1.82, 2.24) is 15.0 Å². The second-order valence-corrected chi connectivity index (χ2v) is 5.61. The monoisotopic (exact) mass is 350 g/mol. The molecule has 0 spiro atoms. The second-order valence-electron chi connectivity index (χ2n) is 4.69. The quantitative estimate of drug-likeness (QED) is 0.854. The van der Waals surface area contributed by atoms with Crippen molar-refractivity contribution >= 4 is 27.6 Å². The molecule has 3 rings (SSSR count). The van der Waals surface area contributed by atoms with E-state index >= 15 is 0 Å². The van der Waals surface area contributed by atoms with Crippen LogP contribution in [0.25, 0.3) is 0 Å². The third kappa shape index (κ3) is 2.77. The molecule has 0 radical (unpaired) electrons. The van der Waals surface area contributed by atoms with Crippen molar-refractivity contribution < 1.29 is 5.11 Å². The molecule has 1 unspecified atom stereocenters. The summed E-state index contributed by atoms with van der Waals surface area (Å²) in [6.45, 7) is 0.991. The highest BCUT2D eigenvalue weighted by Crippen LogP contribution is 2.31. The molecule has 0 fully saturated rings. The molecule has 8 heteroatoms. The Kier molecular flexibility index (Phi) is 3.89. The van der Waals surface area contributed by atoms with Crippen molar-refractivity contribution in [1.29, 1.82) is 0 Å². The molecule has 1 aromatic heterocycles. The molecule has 1 aliphatic heterocycles. The average molecular weight is 351 g/mol. The first-order valence-corrected chi connectivity index (χ1v) is 7.34. The number of hydrogen-bond acceptors (Lipinski definition) is 6. The minimum Gasteiger partial charge on any atom is -0.394 e. The van der Waals surface area contributed by atoms with Crippen LogP contribution in [0.5, 0.6) is 0 Å². The highest BCUT2D eigenvalue weighted by molar-refractivity contribution is 9.10. The van der Waals surface area contributed by atoms with Crippen LogP contribution in [0.3, 0.4) is 0 Å². The van der Waals surface area contributed by atoms with E-state index in [1.807, 2.05) is 35.4 Å². The molecule has 1 aromatic carbocycles. The number of hydrogen-bond donors (Lipinski definition) is 2. The molecule has 3 N–H and O–H groups in total. The standard InChI is InChI=1S/C13H15BrN6O/c14-9-2-1-3-10(6-9)20-12(7-16-13(20)15)11-8-19(4-5-21)18-17-11/h1-3,6,8,12,21H,4-5,7H2,(H2,15,16). The van der Waals surface area contributed by atoms with Gasteiger partial charge in [-0.05, 0) is 18.2 Å². The van der Waals surface area contributed by atoms with Gasteiger partial charge in [0, 0.05) is 10.2 Å². The van der Waals surface area contributed by atoms with Gasteiger partial charge in [0.05, 0.1) is 25.9 Å². The Balaban J connectivity index is 1.91. The van der Waals surface area contributed by atoms with Gasteiger partial charge in [0.2, 0.25) is 0 Å². The van der Waals surface area contributed by atoms with E-state index in [0.717, 1.165) is 15.9 Å². The molecule has 0 aliphatic carbocycles. The summed E-state index contributed by atoms with van der Waals surface area (Å²) >= 11 is 3.46. The summed E-state index contributed by atoms with van der Waals surface area (Å²) in [5.74, 6) is 0.467. The molecule has 0 saturated carbocycles. The summed E-state index contributed by atoms with van der Waals surface area (Å²) < 4.78 is 2.59. The lowest BCUT2D eigenvalue weighted by Gasteiger charge is -2.24. The molecule has 1 atom stereocenters. The first-order chi connectivity index (χ1) is 10.2. The van der Waals surface area contributed by atoms with E-state index in [0.29, 0.717) is 19.0 Å². The number of aromatic nitrogens is 3. The number of rotatable bonds is 4. The number of benzene rings is 1. The normalized spacial score (nSPS) is 18.1. The average Bonchev–Trinajstić information content (AvgIpc) is 3.06. The SMILES string of the molecule is NC1=NCC(c2cn(CCO)nn2)N1c1cccc(Br)c1. The maximum absolute atomic E-state index is 8.95. The van der Waals surface area contributed by atoms with E-state index in [4.69, 9.17) is 10.8 Å². The van der Waals surface area contributed by atoms with Gasteiger partial charge in [-0.15, -0.1) is 5.10 Å². The van der Waals surface area contributed by atoms with Crippen LogP contribution in [0.15, 0.2) is 39.9 Å². The maximum Gasteiger partial charge on any atom is 0.196 e. The van der Waals surface area contributed by atoms with Gasteiger partial charge in [0.15, 0.2) is 5.96 Å². The molecule has 0 bridgehead atoms. The molecule has 1 aliphatic rings. The summed E-state index contributed by atoms with van der Waals surface area (Å²) in [6, 6.07) is 7.79.